The van der Waals surface area contributed by atoms with Crippen LogP contribution in [0.4, 0.5) is 13.2 Å². The maximum absolute atomic E-state index is 13.9. The summed E-state index contributed by atoms with van der Waals surface area (Å²) in [6.07, 6.45) is 0. The Morgan fingerprint density at radius 1 is 1.05 bits per heavy atom. The quantitative estimate of drug-likeness (QED) is 0.796. The van der Waals surface area contributed by atoms with Gasteiger partial charge in [-0.3, -0.25) is 4.79 Å². The van der Waals surface area contributed by atoms with Gasteiger partial charge in [-0.05, 0) is 24.3 Å². The van der Waals surface area contributed by atoms with E-state index in [1.165, 1.54) is 25.3 Å². The molecule has 0 amide bonds. The molecule has 0 radical (unpaired) electrons. The van der Waals surface area contributed by atoms with Gasteiger partial charge < -0.3 is 4.74 Å². The maximum atomic E-state index is 13.9. The molecule has 0 atom stereocenters. The first-order chi connectivity index (χ1) is 9.04. The molecule has 2 nitrogen and oxygen atoms in total. The fourth-order valence-electron chi connectivity index (χ4n) is 1.66. The molecular formula is C14H9F3O2. The highest BCUT2D eigenvalue weighted by atomic mass is 19.1. The fourth-order valence-corrected chi connectivity index (χ4v) is 1.66. The Labute approximate surface area is 107 Å². The van der Waals surface area contributed by atoms with Crippen LogP contribution in [-0.4, -0.2) is 12.9 Å². The molecule has 0 saturated heterocycles. The molecule has 2 rings (SSSR count). The molecule has 0 aliphatic heterocycles. The topological polar surface area (TPSA) is 26.3 Å². The van der Waals surface area contributed by atoms with Crippen molar-refractivity contribution in [1.82, 2.24) is 0 Å². The second-order valence-electron chi connectivity index (χ2n) is 3.78. The summed E-state index contributed by atoms with van der Waals surface area (Å²) in [6, 6.07) is 6.46. The molecule has 0 aliphatic carbocycles. The molecule has 0 aromatic heterocycles. The van der Waals surface area contributed by atoms with Crippen LogP contribution >= 0.6 is 0 Å². The van der Waals surface area contributed by atoms with Crippen molar-refractivity contribution in [2.24, 2.45) is 0 Å². The van der Waals surface area contributed by atoms with Crippen LogP contribution in [0.3, 0.4) is 0 Å². The molecule has 0 spiro atoms. The Balaban J connectivity index is 2.50. The van der Waals surface area contributed by atoms with Crippen molar-refractivity contribution in [2.45, 2.75) is 0 Å². The second kappa shape index (κ2) is 5.14. The fraction of sp³-hybridized carbons (Fsp3) is 0.0714. The Kier molecular flexibility index (Phi) is 3.55. The van der Waals surface area contributed by atoms with Crippen molar-refractivity contribution in [3.05, 3.63) is 65.0 Å². The number of carbonyl (C=O) groups is 1. The number of hydrogen-bond donors (Lipinski definition) is 0. The number of carbonyl (C=O) groups excluding carboxylic acids is 1. The zero-order valence-corrected chi connectivity index (χ0v) is 9.91. The normalized spacial score (nSPS) is 10.3. The van der Waals surface area contributed by atoms with E-state index >= 15 is 0 Å². The first-order valence-electron chi connectivity index (χ1n) is 5.37. The standard InChI is InChI=1S/C14H9F3O2/c1-19-12-4-2-3-10(13(12)17)14(18)9-6-5-8(15)7-11(9)16/h2-7H,1H3. The third kappa shape index (κ3) is 2.45. The molecule has 0 N–H and O–H groups in total. The number of methoxy groups -OCH3 is 1. The molecule has 0 bridgehead atoms. The van der Waals surface area contributed by atoms with Crippen LogP contribution in [0, 0.1) is 17.5 Å². The second-order valence-corrected chi connectivity index (χ2v) is 3.78. The molecular weight excluding hydrogens is 257 g/mol. The highest BCUT2D eigenvalue weighted by Gasteiger charge is 2.20. The van der Waals surface area contributed by atoms with Gasteiger partial charge in [0.15, 0.2) is 17.3 Å². The van der Waals surface area contributed by atoms with Crippen molar-refractivity contribution in [3.63, 3.8) is 0 Å². The van der Waals surface area contributed by atoms with Gasteiger partial charge in [0.1, 0.15) is 11.6 Å². The minimum absolute atomic E-state index is 0.117. The molecule has 0 saturated carbocycles. The number of halogens is 3. The Morgan fingerprint density at radius 2 is 1.79 bits per heavy atom. The molecule has 0 aliphatic rings. The first-order valence-corrected chi connectivity index (χ1v) is 5.37. The monoisotopic (exact) mass is 266 g/mol. The van der Waals surface area contributed by atoms with Crippen molar-refractivity contribution in [3.8, 4) is 5.75 Å². The summed E-state index contributed by atoms with van der Waals surface area (Å²) in [5, 5.41) is 0. The summed E-state index contributed by atoms with van der Waals surface area (Å²) < 4.78 is 44.9. The van der Waals surface area contributed by atoms with Gasteiger partial charge in [-0.2, -0.15) is 0 Å². The van der Waals surface area contributed by atoms with Crippen LogP contribution in [0.25, 0.3) is 0 Å². The predicted molar refractivity (Wildman–Crippen MR) is 62.7 cm³/mol. The summed E-state index contributed by atoms with van der Waals surface area (Å²) in [4.78, 5) is 12.0. The minimum Gasteiger partial charge on any atom is -0.494 e. The van der Waals surface area contributed by atoms with Crippen LogP contribution in [0.15, 0.2) is 36.4 Å². The minimum atomic E-state index is -1.03. The number of benzene rings is 2. The summed E-state index contributed by atoms with van der Waals surface area (Å²) in [6.45, 7) is 0. The van der Waals surface area contributed by atoms with Crippen molar-refractivity contribution < 1.29 is 22.7 Å². The van der Waals surface area contributed by atoms with Gasteiger partial charge >= 0.3 is 0 Å². The Hall–Kier alpha value is -2.30. The zero-order valence-electron chi connectivity index (χ0n) is 9.91. The Bertz CT molecular complexity index is 639. The Morgan fingerprint density at radius 3 is 2.42 bits per heavy atom. The molecule has 5 heteroatoms. The molecule has 98 valence electrons. The first kappa shape index (κ1) is 13.1. The molecule has 2 aromatic rings. The summed E-state index contributed by atoms with van der Waals surface area (Å²) >= 11 is 0. The van der Waals surface area contributed by atoms with Crippen LogP contribution < -0.4 is 4.74 Å². The zero-order chi connectivity index (χ0) is 14.0. The smallest absolute Gasteiger partial charge is 0.199 e. The molecule has 0 unspecified atom stereocenters. The highest BCUT2D eigenvalue weighted by Crippen LogP contribution is 2.23. The van der Waals surface area contributed by atoms with Crippen LogP contribution in [-0.2, 0) is 0 Å². The van der Waals surface area contributed by atoms with Crippen LogP contribution in [0.2, 0.25) is 0 Å². The predicted octanol–water partition coefficient (Wildman–Crippen LogP) is 3.34. The third-order valence-electron chi connectivity index (χ3n) is 2.60. The van der Waals surface area contributed by atoms with E-state index in [4.69, 9.17) is 4.74 Å². The number of rotatable bonds is 3. The average molecular weight is 266 g/mol. The molecule has 19 heavy (non-hydrogen) atoms. The van der Waals surface area contributed by atoms with Gasteiger partial charge in [-0.25, -0.2) is 13.2 Å². The van der Waals surface area contributed by atoms with Gasteiger partial charge in [-0.15, -0.1) is 0 Å². The lowest BCUT2D eigenvalue weighted by atomic mass is 10.0. The largest absolute Gasteiger partial charge is 0.494 e. The summed E-state index contributed by atoms with van der Waals surface area (Å²) in [7, 11) is 1.26. The number of hydrogen-bond acceptors (Lipinski definition) is 2. The van der Waals surface area contributed by atoms with Gasteiger partial charge in [0, 0.05) is 6.07 Å². The van der Waals surface area contributed by atoms with E-state index in [1.54, 1.807) is 0 Å². The lowest BCUT2D eigenvalue weighted by molar-refractivity contribution is 0.103. The van der Waals surface area contributed by atoms with E-state index in [0.717, 1.165) is 12.1 Å². The van der Waals surface area contributed by atoms with Crippen molar-refractivity contribution in [1.29, 1.82) is 0 Å². The molecule has 0 fully saturated rings. The average Bonchev–Trinajstić information content (AvgIpc) is 2.38. The van der Waals surface area contributed by atoms with Gasteiger partial charge in [-0.1, -0.05) is 6.07 Å². The van der Waals surface area contributed by atoms with Crippen molar-refractivity contribution >= 4 is 5.78 Å². The van der Waals surface area contributed by atoms with E-state index in [-0.39, 0.29) is 11.3 Å². The SMILES string of the molecule is COc1cccc(C(=O)c2ccc(F)cc2F)c1F. The molecule has 2 aromatic carbocycles. The maximum Gasteiger partial charge on any atom is 0.199 e. The van der Waals surface area contributed by atoms with E-state index < -0.39 is 28.8 Å². The van der Waals surface area contributed by atoms with E-state index in [9.17, 15) is 18.0 Å². The number of ether oxygens (including phenoxy) is 1. The van der Waals surface area contributed by atoms with E-state index in [2.05, 4.69) is 0 Å². The highest BCUT2D eigenvalue weighted by molar-refractivity contribution is 6.09. The van der Waals surface area contributed by atoms with Gasteiger partial charge in [0.05, 0.1) is 18.2 Å². The summed E-state index contributed by atoms with van der Waals surface area (Å²) in [5.41, 5.74) is -0.724. The molecule has 0 heterocycles. The van der Waals surface area contributed by atoms with E-state index in [0.29, 0.717) is 6.07 Å². The summed E-state index contributed by atoms with van der Waals surface area (Å²) in [5.74, 6) is -3.70. The lowest BCUT2D eigenvalue weighted by Gasteiger charge is -2.07. The van der Waals surface area contributed by atoms with Gasteiger partial charge in [0.25, 0.3) is 0 Å². The van der Waals surface area contributed by atoms with Gasteiger partial charge in [0.2, 0.25) is 0 Å². The van der Waals surface area contributed by atoms with Crippen LogP contribution in [0.5, 0.6) is 5.75 Å². The van der Waals surface area contributed by atoms with Crippen molar-refractivity contribution in [2.75, 3.05) is 7.11 Å². The van der Waals surface area contributed by atoms with Crippen LogP contribution in [0.1, 0.15) is 15.9 Å². The lowest BCUT2D eigenvalue weighted by Crippen LogP contribution is -2.08. The van der Waals surface area contributed by atoms with E-state index in [1.807, 2.05) is 0 Å². The third-order valence-corrected chi connectivity index (χ3v) is 2.60. The number of ketones is 1.